The van der Waals surface area contributed by atoms with E-state index in [1.165, 1.54) is 19.5 Å². The van der Waals surface area contributed by atoms with E-state index in [9.17, 15) is 9.90 Å². The number of aromatic nitrogens is 2. The number of carboxylic acids is 1. The SMILES string of the molecule is COc1cnc(Cl)cc1-c1cc(OC2CC2)ncc1C(=O)O. The zero-order valence-corrected chi connectivity index (χ0v) is 12.5. The van der Waals surface area contributed by atoms with Gasteiger partial charge in [-0.15, -0.1) is 0 Å². The minimum atomic E-state index is -1.09. The Morgan fingerprint density at radius 1 is 1.27 bits per heavy atom. The van der Waals surface area contributed by atoms with E-state index >= 15 is 0 Å². The van der Waals surface area contributed by atoms with Crippen LogP contribution in [0.1, 0.15) is 23.2 Å². The van der Waals surface area contributed by atoms with E-state index in [1.807, 2.05) is 0 Å². The number of carbonyl (C=O) groups is 1. The van der Waals surface area contributed by atoms with Crippen LogP contribution in [0.5, 0.6) is 11.6 Å². The molecule has 0 saturated heterocycles. The number of pyridine rings is 2. The van der Waals surface area contributed by atoms with Crippen molar-refractivity contribution < 1.29 is 19.4 Å². The lowest BCUT2D eigenvalue weighted by Crippen LogP contribution is -2.05. The molecule has 2 aromatic rings. The quantitative estimate of drug-likeness (QED) is 0.853. The van der Waals surface area contributed by atoms with Crippen LogP contribution in [-0.2, 0) is 0 Å². The number of carboxylic acid groups (broad SMARTS) is 1. The summed E-state index contributed by atoms with van der Waals surface area (Å²) in [5, 5.41) is 9.62. The minimum absolute atomic E-state index is 0.0451. The van der Waals surface area contributed by atoms with Crippen LogP contribution in [0.2, 0.25) is 5.15 Å². The first-order valence-corrected chi connectivity index (χ1v) is 7.06. The molecule has 22 heavy (non-hydrogen) atoms. The van der Waals surface area contributed by atoms with Crippen LogP contribution in [0.4, 0.5) is 0 Å². The summed E-state index contributed by atoms with van der Waals surface area (Å²) in [4.78, 5) is 19.4. The Morgan fingerprint density at radius 2 is 2.05 bits per heavy atom. The molecule has 3 rings (SSSR count). The summed E-state index contributed by atoms with van der Waals surface area (Å²) in [7, 11) is 1.48. The Morgan fingerprint density at radius 3 is 2.68 bits per heavy atom. The molecule has 1 saturated carbocycles. The van der Waals surface area contributed by atoms with Crippen LogP contribution in [0.25, 0.3) is 11.1 Å². The lowest BCUT2D eigenvalue weighted by molar-refractivity contribution is 0.0697. The lowest BCUT2D eigenvalue weighted by atomic mass is 10.0. The molecule has 0 spiro atoms. The van der Waals surface area contributed by atoms with E-state index in [-0.39, 0.29) is 16.8 Å². The third-order valence-corrected chi connectivity index (χ3v) is 3.47. The van der Waals surface area contributed by atoms with Crippen LogP contribution < -0.4 is 9.47 Å². The van der Waals surface area contributed by atoms with E-state index in [4.69, 9.17) is 21.1 Å². The number of hydrogen-bond donors (Lipinski definition) is 1. The molecule has 0 amide bonds. The minimum Gasteiger partial charge on any atom is -0.494 e. The van der Waals surface area contributed by atoms with Gasteiger partial charge in [0.15, 0.2) is 0 Å². The van der Waals surface area contributed by atoms with Crippen molar-refractivity contribution >= 4 is 17.6 Å². The molecule has 0 aliphatic heterocycles. The van der Waals surface area contributed by atoms with Crippen LogP contribution in [0, 0.1) is 0 Å². The van der Waals surface area contributed by atoms with Gasteiger partial charge in [-0.25, -0.2) is 14.8 Å². The summed E-state index contributed by atoms with van der Waals surface area (Å²) in [6.45, 7) is 0. The summed E-state index contributed by atoms with van der Waals surface area (Å²) in [6, 6.07) is 3.15. The van der Waals surface area contributed by atoms with Gasteiger partial charge in [0, 0.05) is 23.4 Å². The Bertz CT molecular complexity index is 731. The topological polar surface area (TPSA) is 81.5 Å². The van der Waals surface area contributed by atoms with Gasteiger partial charge in [-0.3, -0.25) is 0 Å². The maximum atomic E-state index is 11.5. The van der Waals surface area contributed by atoms with Crippen LogP contribution in [0.3, 0.4) is 0 Å². The van der Waals surface area contributed by atoms with Crippen molar-refractivity contribution in [3.05, 3.63) is 35.2 Å². The molecular formula is C15H13ClN2O4. The van der Waals surface area contributed by atoms with Gasteiger partial charge in [-0.2, -0.15) is 0 Å². The van der Waals surface area contributed by atoms with Crippen molar-refractivity contribution in [2.24, 2.45) is 0 Å². The van der Waals surface area contributed by atoms with Gasteiger partial charge in [0.1, 0.15) is 17.0 Å². The van der Waals surface area contributed by atoms with Gasteiger partial charge < -0.3 is 14.6 Å². The third kappa shape index (κ3) is 2.96. The summed E-state index contributed by atoms with van der Waals surface area (Å²) in [5.41, 5.74) is 1.01. The molecule has 0 atom stereocenters. The highest BCUT2D eigenvalue weighted by Gasteiger charge is 2.25. The molecule has 0 bridgehead atoms. The predicted octanol–water partition coefficient (Wildman–Crippen LogP) is 3.05. The van der Waals surface area contributed by atoms with Crippen molar-refractivity contribution in [3.8, 4) is 22.8 Å². The number of rotatable bonds is 5. The lowest BCUT2D eigenvalue weighted by Gasteiger charge is -2.12. The van der Waals surface area contributed by atoms with Gasteiger partial charge >= 0.3 is 5.97 Å². The Kier molecular flexibility index (Phi) is 3.85. The highest BCUT2D eigenvalue weighted by Crippen LogP contribution is 2.36. The summed E-state index contributed by atoms with van der Waals surface area (Å²) in [5.74, 6) is -0.275. The van der Waals surface area contributed by atoms with E-state index in [0.717, 1.165) is 12.8 Å². The molecule has 0 radical (unpaired) electrons. The fraction of sp³-hybridized carbons (Fsp3) is 0.267. The molecule has 1 fully saturated rings. The van der Waals surface area contributed by atoms with Crippen molar-refractivity contribution in [3.63, 3.8) is 0 Å². The second-order valence-corrected chi connectivity index (χ2v) is 5.29. The van der Waals surface area contributed by atoms with Crippen LogP contribution >= 0.6 is 11.6 Å². The van der Waals surface area contributed by atoms with Crippen LogP contribution in [-0.4, -0.2) is 34.3 Å². The predicted molar refractivity (Wildman–Crippen MR) is 79.6 cm³/mol. The second kappa shape index (κ2) is 5.81. The van der Waals surface area contributed by atoms with Crippen LogP contribution in [0.15, 0.2) is 24.5 Å². The molecule has 0 unspecified atom stereocenters. The van der Waals surface area contributed by atoms with Gasteiger partial charge in [-0.1, -0.05) is 11.6 Å². The van der Waals surface area contributed by atoms with Crippen molar-refractivity contribution in [1.29, 1.82) is 0 Å². The number of methoxy groups -OCH3 is 1. The summed E-state index contributed by atoms with van der Waals surface area (Å²) >= 11 is 5.93. The van der Waals surface area contributed by atoms with Gasteiger partial charge in [0.05, 0.1) is 18.9 Å². The van der Waals surface area contributed by atoms with Crippen molar-refractivity contribution in [1.82, 2.24) is 9.97 Å². The molecule has 1 aliphatic carbocycles. The first kappa shape index (κ1) is 14.6. The largest absolute Gasteiger partial charge is 0.494 e. The van der Waals surface area contributed by atoms with Gasteiger partial charge in [0.25, 0.3) is 0 Å². The maximum Gasteiger partial charge on any atom is 0.337 e. The molecule has 0 aromatic carbocycles. The Balaban J connectivity index is 2.13. The first-order chi connectivity index (χ1) is 10.6. The van der Waals surface area contributed by atoms with Crippen molar-refractivity contribution in [2.75, 3.05) is 7.11 Å². The first-order valence-electron chi connectivity index (χ1n) is 6.68. The highest BCUT2D eigenvalue weighted by molar-refractivity contribution is 6.29. The molecule has 6 nitrogen and oxygen atoms in total. The molecule has 2 aromatic heterocycles. The monoisotopic (exact) mass is 320 g/mol. The smallest absolute Gasteiger partial charge is 0.337 e. The maximum absolute atomic E-state index is 11.5. The number of aromatic carboxylic acids is 1. The second-order valence-electron chi connectivity index (χ2n) is 4.90. The normalized spacial score (nSPS) is 13.7. The molecular weight excluding hydrogens is 308 g/mol. The third-order valence-electron chi connectivity index (χ3n) is 3.27. The van der Waals surface area contributed by atoms with E-state index in [0.29, 0.717) is 22.8 Å². The van der Waals surface area contributed by atoms with E-state index < -0.39 is 5.97 Å². The fourth-order valence-corrected chi connectivity index (χ4v) is 2.20. The number of ether oxygens (including phenoxy) is 2. The zero-order chi connectivity index (χ0) is 15.7. The fourth-order valence-electron chi connectivity index (χ4n) is 2.04. The summed E-state index contributed by atoms with van der Waals surface area (Å²) < 4.78 is 10.9. The Labute approximate surface area is 131 Å². The number of halogens is 1. The average molecular weight is 321 g/mol. The van der Waals surface area contributed by atoms with E-state index in [1.54, 1.807) is 12.1 Å². The molecule has 114 valence electrons. The molecule has 1 aliphatic rings. The average Bonchev–Trinajstić information content (AvgIpc) is 3.31. The highest BCUT2D eigenvalue weighted by atomic mass is 35.5. The molecule has 2 heterocycles. The zero-order valence-electron chi connectivity index (χ0n) is 11.7. The molecule has 1 N–H and O–H groups in total. The number of nitrogens with zero attached hydrogens (tertiary/aromatic N) is 2. The van der Waals surface area contributed by atoms with Gasteiger partial charge in [-0.05, 0) is 18.9 Å². The summed E-state index contributed by atoms with van der Waals surface area (Å²) in [6.07, 6.45) is 4.87. The number of hydrogen-bond acceptors (Lipinski definition) is 5. The van der Waals surface area contributed by atoms with Crippen molar-refractivity contribution in [2.45, 2.75) is 18.9 Å². The molecule has 7 heteroatoms. The standard InChI is InChI=1S/C15H13ClN2O4/c1-21-12-7-17-13(16)4-10(12)9-5-14(22-8-2-3-8)18-6-11(9)15(19)20/h4-8H,2-3H2,1H3,(H,19,20). The Hall–Kier alpha value is -2.34. The van der Waals surface area contributed by atoms with Gasteiger partial charge in [0.2, 0.25) is 5.88 Å². The van der Waals surface area contributed by atoms with E-state index in [2.05, 4.69) is 9.97 Å².